The number of aromatic nitrogens is 2. The van der Waals surface area contributed by atoms with Gasteiger partial charge in [-0.3, -0.25) is 9.59 Å². The zero-order valence-electron chi connectivity index (χ0n) is 9.28. The molecule has 1 aromatic heterocycles. The fraction of sp³-hybridized carbons (Fsp3) is 0.400. The van der Waals surface area contributed by atoms with Crippen molar-refractivity contribution < 1.29 is 9.59 Å². The van der Waals surface area contributed by atoms with E-state index in [0.717, 1.165) is 0 Å². The highest BCUT2D eigenvalue weighted by molar-refractivity contribution is 5.97. The number of amides is 2. The number of primary amides is 1. The van der Waals surface area contributed by atoms with Gasteiger partial charge in [-0.1, -0.05) is 6.92 Å². The topological polar surface area (TPSA) is 98.0 Å². The van der Waals surface area contributed by atoms with Crippen molar-refractivity contribution in [2.24, 2.45) is 5.73 Å². The SMILES string of the molecule is CCc1nnc(C)cc1C(=O)NCC(N)=O. The third kappa shape index (κ3) is 3.01. The average Bonchev–Trinajstić information content (AvgIpc) is 2.25. The summed E-state index contributed by atoms with van der Waals surface area (Å²) in [6.45, 7) is 3.45. The van der Waals surface area contributed by atoms with E-state index in [2.05, 4.69) is 15.5 Å². The fourth-order valence-electron chi connectivity index (χ4n) is 1.23. The van der Waals surface area contributed by atoms with Gasteiger partial charge in [0.25, 0.3) is 5.91 Å². The summed E-state index contributed by atoms with van der Waals surface area (Å²) in [4.78, 5) is 22.2. The number of aryl methyl sites for hydroxylation is 2. The van der Waals surface area contributed by atoms with Gasteiger partial charge in [-0.05, 0) is 19.4 Å². The molecule has 1 heterocycles. The van der Waals surface area contributed by atoms with E-state index >= 15 is 0 Å². The summed E-state index contributed by atoms with van der Waals surface area (Å²) < 4.78 is 0. The first-order valence-electron chi connectivity index (χ1n) is 4.94. The fourth-order valence-corrected chi connectivity index (χ4v) is 1.23. The molecule has 16 heavy (non-hydrogen) atoms. The number of rotatable bonds is 4. The standard InChI is InChI=1S/C10H14N4O2/c1-3-8-7(4-6(2)13-14-8)10(16)12-5-9(11)15/h4H,3,5H2,1-2H3,(H2,11,15)(H,12,16). The van der Waals surface area contributed by atoms with Crippen molar-refractivity contribution in [3.05, 3.63) is 23.0 Å². The van der Waals surface area contributed by atoms with Gasteiger partial charge in [0.15, 0.2) is 0 Å². The van der Waals surface area contributed by atoms with Crippen molar-refractivity contribution in [1.82, 2.24) is 15.5 Å². The number of hydrogen-bond acceptors (Lipinski definition) is 4. The predicted octanol–water partition coefficient (Wildman–Crippen LogP) is -0.437. The Morgan fingerprint density at radius 1 is 1.44 bits per heavy atom. The summed E-state index contributed by atoms with van der Waals surface area (Å²) in [7, 11) is 0. The van der Waals surface area contributed by atoms with Gasteiger partial charge in [-0.25, -0.2) is 0 Å². The number of hydrogen-bond donors (Lipinski definition) is 2. The van der Waals surface area contributed by atoms with E-state index in [1.54, 1.807) is 13.0 Å². The summed E-state index contributed by atoms with van der Waals surface area (Å²) in [5, 5.41) is 10.2. The molecule has 0 aliphatic carbocycles. The molecule has 6 nitrogen and oxygen atoms in total. The summed E-state index contributed by atoms with van der Waals surface area (Å²) in [6.07, 6.45) is 0.604. The van der Waals surface area contributed by atoms with E-state index in [9.17, 15) is 9.59 Å². The Morgan fingerprint density at radius 3 is 2.69 bits per heavy atom. The van der Waals surface area contributed by atoms with E-state index in [1.165, 1.54) is 0 Å². The van der Waals surface area contributed by atoms with E-state index in [1.807, 2.05) is 6.92 Å². The van der Waals surface area contributed by atoms with Crippen LogP contribution in [0.5, 0.6) is 0 Å². The Balaban J connectivity index is 2.88. The van der Waals surface area contributed by atoms with Gasteiger partial charge in [-0.2, -0.15) is 10.2 Å². The van der Waals surface area contributed by atoms with Crippen LogP contribution in [0.2, 0.25) is 0 Å². The van der Waals surface area contributed by atoms with Crippen LogP contribution in [0.4, 0.5) is 0 Å². The second kappa shape index (κ2) is 5.20. The molecule has 0 spiro atoms. The van der Waals surface area contributed by atoms with Gasteiger partial charge >= 0.3 is 0 Å². The van der Waals surface area contributed by atoms with Crippen LogP contribution in [0.25, 0.3) is 0 Å². The van der Waals surface area contributed by atoms with Crippen LogP contribution in [0.3, 0.4) is 0 Å². The van der Waals surface area contributed by atoms with Crippen LogP contribution in [-0.4, -0.2) is 28.6 Å². The highest BCUT2D eigenvalue weighted by atomic mass is 16.2. The normalized spacial score (nSPS) is 9.88. The second-order valence-electron chi connectivity index (χ2n) is 3.35. The van der Waals surface area contributed by atoms with Crippen LogP contribution in [0, 0.1) is 6.92 Å². The minimum Gasteiger partial charge on any atom is -0.368 e. The molecule has 0 fully saturated rings. The summed E-state index contributed by atoms with van der Waals surface area (Å²) in [6, 6.07) is 1.64. The van der Waals surface area contributed by atoms with Crippen molar-refractivity contribution in [2.75, 3.05) is 6.54 Å². The summed E-state index contributed by atoms with van der Waals surface area (Å²) in [5.74, 6) is -0.932. The third-order valence-electron chi connectivity index (χ3n) is 2.00. The van der Waals surface area contributed by atoms with E-state index < -0.39 is 5.91 Å². The van der Waals surface area contributed by atoms with Crippen LogP contribution >= 0.6 is 0 Å². The van der Waals surface area contributed by atoms with Gasteiger partial charge in [-0.15, -0.1) is 0 Å². The second-order valence-corrected chi connectivity index (χ2v) is 3.35. The average molecular weight is 222 g/mol. The molecule has 0 atom stereocenters. The molecule has 1 aromatic rings. The Morgan fingerprint density at radius 2 is 2.12 bits per heavy atom. The van der Waals surface area contributed by atoms with Crippen molar-refractivity contribution in [3.63, 3.8) is 0 Å². The Kier molecular flexibility index (Phi) is 3.93. The molecule has 0 saturated carbocycles. The Hall–Kier alpha value is -1.98. The quantitative estimate of drug-likeness (QED) is 0.721. The number of carbonyl (C=O) groups is 2. The Labute approximate surface area is 93.2 Å². The van der Waals surface area contributed by atoms with Gasteiger partial charge in [0.2, 0.25) is 5.91 Å². The molecule has 0 saturated heterocycles. The lowest BCUT2D eigenvalue weighted by atomic mass is 10.1. The van der Waals surface area contributed by atoms with Crippen LogP contribution < -0.4 is 11.1 Å². The maximum atomic E-state index is 11.7. The van der Waals surface area contributed by atoms with Gasteiger partial charge < -0.3 is 11.1 Å². The van der Waals surface area contributed by atoms with E-state index in [0.29, 0.717) is 23.4 Å². The summed E-state index contributed by atoms with van der Waals surface area (Å²) >= 11 is 0. The van der Waals surface area contributed by atoms with Crippen molar-refractivity contribution in [3.8, 4) is 0 Å². The molecule has 1 rings (SSSR count). The molecule has 0 aliphatic rings. The molecule has 2 amide bonds. The van der Waals surface area contributed by atoms with Gasteiger partial charge in [0.05, 0.1) is 23.5 Å². The van der Waals surface area contributed by atoms with Crippen LogP contribution in [0.15, 0.2) is 6.07 Å². The molecule has 86 valence electrons. The highest BCUT2D eigenvalue weighted by Gasteiger charge is 2.12. The number of nitrogens with zero attached hydrogens (tertiary/aromatic N) is 2. The number of carbonyl (C=O) groups excluding carboxylic acids is 2. The zero-order valence-corrected chi connectivity index (χ0v) is 9.28. The first-order valence-corrected chi connectivity index (χ1v) is 4.94. The largest absolute Gasteiger partial charge is 0.368 e. The maximum Gasteiger partial charge on any atom is 0.253 e. The predicted molar refractivity (Wildman–Crippen MR) is 57.7 cm³/mol. The number of nitrogens with two attached hydrogens (primary N) is 1. The lowest BCUT2D eigenvalue weighted by Crippen LogP contribution is -2.34. The third-order valence-corrected chi connectivity index (χ3v) is 2.00. The summed E-state index contributed by atoms with van der Waals surface area (Å²) in [5.41, 5.74) is 6.64. The molecule has 3 N–H and O–H groups in total. The first-order chi connectivity index (χ1) is 7.54. The molecular weight excluding hydrogens is 208 g/mol. The van der Waals surface area contributed by atoms with Crippen molar-refractivity contribution >= 4 is 11.8 Å². The number of nitrogens with one attached hydrogen (secondary N) is 1. The Bertz CT molecular complexity index is 417. The maximum absolute atomic E-state index is 11.7. The smallest absolute Gasteiger partial charge is 0.253 e. The minimum atomic E-state index is -0.579. The van der Waals surface area contributed by atoms with Crippen molar-refractivity contribution in [2.45, 2.75) is 20.3 Å². The molecule has 6 heteroatoms. The lowest BCUT2D eigenvalue weighted by molar-refractivity contribution is -0.117. The van der Waals surface area contributed by atoms with Gasteiger partial charge in [0.1, 0.15) is 0 Å². The molecule has 0 unspecified atom stereocenters. The van der Waals surface area contributed by atoms with Crippen LogP contribution in [-0.2, 0) is 11.2 Å². The minimum absolute atomic E-state index is 0.177. The molecule has 0 radical (unpaired) electrons. The van der Waals surface area contributed by atoms with E-state index in [4.69, 9.17) is 5.73 Å². The monoisotopic (exact) mass is 222 g/mol. The molecule has 0 aliphatic heterocycles. The lowest BCUT2D eigenvalue weighted by Gasteiger charge is -2.06. The van der Waals surface area contributed by atoms with Crippen LogP contribution in [0.1, 0.15) is 28.7 Å². The van der Waals surface area contributed by atoms with E-state index in [-0.39, 0.29) is 12.5 Å². The zero-order chi connectivity index (χ0) is 12.1. The molecular formula is C10H14N4O2. The molecule has 0 bridgehead atoms. The van der Waals surface area contributed by atoms with Gasteiger partial charge in [0, 0.05) is 0 Å². The first kappa shape index (κ1) is 12.1. The van der Waals surface area contributed by atoms with Crippen molar-refractivity contribution in [1.29, 1.82) is 0 Å². The highest BCUT2D eigenvalue weighted by Crippen LogP contribution is 2.06. The molecule has 0 aromatic carbocycles.